The summed E-state index contributed by atoms with van der Waals surface area (Å²) in [5.74, 6) is 2.08. The Labute approximate surface area is 227 Å². The summed E-state index contributed by atoms with van der Waals surface area (Å²) in [6.45, 7) is 7.16. The molecule has 0 unspecified atom stereocenters. The van der Waals surface area contributed by atoms with E-state index in [1.807, 2.05) is 30.3 Å². The zero-order valence-electron chi connectivity index (χ0n) is 23.1. The number of carbonyl (C=O) groups excluding carboxylic acids is 1. The van der Waals surface area contributed by atoms with Gasteiger partial charge in [0.15, 0.2) is 11.5 Å². The summed E-state index contributed by atoms with van der Waals surface area (Å²) in [5.41, 5.74) is 10.7. The maximum atomic E-state index is 11.3. The first-order chi connectivity index (χ1) is 18.5. The van der Waals surface area contributed by atoms with E-state index >= 15 is 0 Å². The van der Waals surface area contributed by atoms with Crippen molar-refractivity contribution < 1.29 is 23.7 Å². The highest BCUT2D eigenvalue weighted by Gasteiger charge is 2.12. The van der Waals surface area contributed by atoms with Gasteiger partial charge in [-0.3, -0.25) is 0 Å². The van der Waals surface area contributed by atoms with Gasteiger partial charge in [0.1, 0.15) is 5.75 Å². The molecule has 0 amide bonds. The minimum atomic E-state index is -0.288. The number of rotatable bonds is 17. The molecule has 0 bridgehead atoms. The molecule has 0 spiro atoms. The lowest BCUT2D eigenvalue weighted by Gasteiger charge is -2.13. The standard InChI is InChI=1S/C32H43NO5/c1-24(2)32(34)38-19-12-10-8-6-4-5-7-9-11-18-36-29-16-15-27(23-31(29)35-3)28(33)21-25-13-14-26-17-20-37-30(26)22-25/h13-16,21-23H,1,4-12,17-20,33H2,2-3H3/b28-21-. The quantitative estimate of drug-likeness (QED) is 0.104. The molecule has 0 saturated carbocycles. The van der Waals surface area contributed by atoms with Gasteiger partial charge in [-0.15, -0.1) is 0 Å². The second-order valence-electron chi connectivity index (χ2n) is 9.88. The number of fused-ring (bicyclic) bond motifs is 1. The Bertz CT molecular complexity index is 1090. The number of ether oxygens (including phenoxy) is 4. The zero-order valence-corrected chi connectivity index (χ0v) is 23.1. The van der Waals surface area contributed by atoms with E-state index < -0.39 is 0 Å². The smallest absolute Gasteiger partial charge is 0.333 e. The Morgan fingerprint density at radius 1 is 0.947 bits per heavy atom. The van der Waals surface area contributed by atoms with E-state index in [4.69, 9.17) is 24.7 Å². The minimum Gasteiger partial charge on any atom is -0.493 e. The van der Waals surface area contributed by atoms with Gasteiger partial charge in [-0.2, -0.15) is 0 Å². The zero-order chi connectivity index (χ0) is 27.2. The summed E-state index contributed by atoms with van der Waals surface area (Å²) in [6.07, 6.45) is 13.2. The number of hydrogen-bond donors (Lipinski definition) is 1. The van der Waals surface area contributed by atoms with Gasteiger partial charge < -0.3 is 24.7 Å². The number of carbonyl (C=O) groups is 1. The van der Waals surface area contributed by atoms with Crippen LogP contribution in [0.15, 0.2) is 48.6 Å². The van der Waals surface area contributed by atoms with Crippen LogP contribution in [-0.4, -0.2) is 32.9 Å². The molecule has 206 valence electrons. The van der Waals surface area contributed by atoms with Crippen LogP contribution in [0.5, 0.6) is 17.2 Å². The number of methoxy groups -OCH3 is 1. The molecule has 1 aliphatic rings. The number of esters is 1. The molecule has 2 aromatic carbocycles. The van der Waals surface area contributed by atoms with Crippen LogP contribution in [0.1, 0.15) is 81.4 Å². The molecule has 3 rings (SSSR count). The van der Waals surface area contributed by atoms with Gasteiger partial charge in [0.05, 0.1) is 26.9 Å². The van der Waals surface area contributed by atoms with Gasteiger partial charge in [-0.1, -0.05) is 63.7 Å². The van der Waals surface area contributed by atoms with E-state index in [-0.39, 0.29) is 5.97 Å². The molecule has 0 fully saturated rings. The third-order valence-electron chi connectivity index (χ3n) is 6.67. The Balaban J connectivity index is 1.30. The highest BCUT2D eigenvalue weighted by Crippen LogP contribution is 2.31. The fraction of sp³-hybridized carbons (Fsp3) is 0.469. The molecule has 0 aliphatic carbocycles. The van der Waals surface area contributed by atoms with Gasteiger partial charge in [0, 0.05) is 23.3 Å². The highest BCUT2D eigenvalue weighted by atomic mass is 16.5. The van der Waals surface area contributed by atoms with Crippen molar-refractivity contribution in [2.24, 2.45) is 5.73 Å². The van der Waals surface area contributed by atoms with Crippen molar-refractivity contribution in [2.75, 3.05) is 26.9 Å². The van der Waals surface area contributed by atoms with Gasteiger partial charge >= 0.3 is 5.97 Å². The molecule has 1 heterocycles. The molecule has 2 aromatic rings. The van der Waals surface area contributed by atoms with Crippen LogP contribution >= 0.6 is 0 Å². The average Bonchev–Trinajstić information content (AvgIpc) is 3.39. The predicted molar refractivity (Wildman–Crippen MR) is 154 cm³/mol. The fourth-order valence-electron chi connectivity index (χ4n) is 4.41. The summed E-state index contributed by atoms with van der Waals surface area (Å²) in [6, 6.07) is 12.0. The van der Waals surface area contributed by atoms with Crippen LogP contribution < -0.4 is 19.9 Å². The highest BCUT2D eigenvalue weighted by molar-refractivity contribution is 5.86. The Kier molecular flexibility index (Phi) is 12.1. The third-order valence-corrected chi connectivity index (χ3v) is 6.67. The molecule has 0 saturated heterocycles. The van der Waals surface area contributed by atoms with Crippen LogP contribution in [0.25, 0.3) is 11.8 Å². The van der Waals surface area contributed by atoms with Crippen LogP contribution in [0.3, 0.4) is 0 Å². The van der Waals surface area contributed by atoms with Crippen molar-refractivity contribution in [1.29, 1.82) is 0 Å². The van der Waals surface area contributed by atoms with Crippen LogP contribution in [0, 0.1) is 0 Å². The first-order valence-electron chi connectivity index (χ1n) is 13.8. The second kappa shape index (κ2) is 15.8. The SMILES string of the molecule is C=C(C)C(=O)OCCCCCCCCCCCOc1ccc(/C(N)=C/c2ccc3c(c2)OCC3)cc1OC. The van der Waals surface area contributed by atoms with Gasteiger partial charge in [0.25, 0.3) is 0 Å². The number of nitrogens with two attached hydrogens (primary N) is 1. The number of benzene rings is 2. The molecule has 0 atom stereocenters. The molecular formula is C32H43NO5. The monoisotopic (exact) mass is 521 g/mol. The largest absolute Gasteiger partial charge is 0.493 e. The van der Waals surface area contributed by atoms with Crippen molar-refractivity contribution in [2.45, 2.75) is 71.1 Å². The molecule has 2 N–H and O–H groups in total. The van der Waals surface area contributed by atoms with E-state index in [1.165, 1.54) is 37.7 Å². The first kappa shape index (κ1) is 29.2. The molecule has 0 radical (unpaired) electrons. The van der Waals surface area contributed by atoms with Gasteiger partial charge in [-0.05, 0) is 61.2 Å². The van der Waals surface area contributed by atoms with E-state index in [1.54, 1.807) is 14.0 Å². The van der Waals surface area contributed by atoms with Crippen molar-refractivity contribution in [3.8, 4) is 17.2 Å². The topological polar surface area (TPSA) is 80.0 Å². The summed E-state index contributed by atoms with van der Waals surface area (Å²) < 4.78 is 22.4. The van der Waals surface area contributed by atoms with Crippen molar-refractivity contribution in [3.63, 3.8) is 0 Å². The lowest BCUT2D eigenvalue weighted by Crippen LogP contribution is -2.05. The van der Waals surface area contributed by atoms with Gasteiger partial charge in [-0.25, -0.2) is 4.79 Å². The molecular weight excluding hydrogens is 478 g/mol. The second-order valence-corrected chi connectivity index (χ2v) is 9.88. The first-order valence-corrected chi connectivity index (χ1v) is 13.8. The van der Waals surface area contributed by atoms with Crippen molar-refractivity contribution in [1.82, 2.24) is 0 Å². The molecule has 6 heteroatoms. The van der Waals surface area contributed by atoms with Crippen molar-refractivity contribution in [3.05, 3.63) is 65.2 Å². The normalized spacial score (nSPS) is 12.5. The third kappa shape index (κ3) is 9.47. The lowest BCUT2D eigenvalue weighted by atomic mass is 10.1. The van der Waals surface area contributed by atoms with E-state index in [2.05, 4.69) is 18.7 Å². The molecule has 38 heavy (non-hydrogen) atoms. The molecule has 0 aromatic heterocycles. The van der Waals surface area contributed by atoms with E-state index in [0.29, 0.717) is 30.2 Å². The van der Waals surface area contributed by atoms with Crippen LogP contribution in [0.2, 0.25) is 0 Å². The summed E-state index contributed by atoms with van der Waals surface area (Å²) in [7, 11) is 1.65. The fourth-order valence-corrected chi connectivity index (χ4v) is 4.41. The van der Waals surface area contributed by atoms with Crippen LogP contribution in [-0.2, 0) is 16.0 Å². The summed E-state index contributed by atoms with van der Waals surface area (Å²) in [5, 5.41) is 0. The van der Waals surface area contributed by atoms with E-state index in [9.17, 15) is 4.79 Å². The lowest BCUT2D eigenvalue weighted by molar-refractivity contribution is -0.139. The Hall–Kier alpha value is -3.41. The number of unbranched alkanes of at least 4 members (excludes halogenated alkanes) is 8. The summed E-state index contributed by atoms with van der Waals surface area (Å²) in [4.78, 5) is 11.3. The Morgan fingerprint density at radius 2 is 1.63 bits per heavy atom. The summed E-state index contributed by atoms with van der Waals surface area (Å²) >= 11 is 0. The average molecular weight is 522 g/mol. The maximum absolute atomic E-state index is 11.3. The van der Waals surface area contributed by atoms with Crippen molar-refractivity contribution >= 4 is 17.7 Å². The minimum absolute atomic E-state index is 0.288. The maximum Gasteiger partial charge on any atom is 0.333 e. The number of hydrogen-bond acceptors (Lipinski definition) is 6. The molecule has 6 nitrogen and oxygen atoms in total. The van der Waals surface area contributed by atoms with Crippen LogP contribution in [0.4, 0.5) is 0 Å². The van der Waals surface area contributed by atoms with Gasteiger partial charge in [0.2, 0.25) is 0 Å². The van der Waals surface area contributed by atoms with E-state index in [0.717, 1.165) is 61.3 Å². The Morgan fingerprint density at radius 3 is 2.32 bits per heavy atom. The molecule has 1 aliphatic heterocycles. The predicted octanol–water partition coefficient (Wildman–Crippen LogP) is 7.10.